The van der Waals surface area contributed by atoms with Gasteiger partial charge in [-0.1, -0.05) is 11.6 Å². The van der Waals surface area contributed by atoms with Gasteiger partial charge < -0.3 is 15.4 Å². The molecule has 2 N–H and O–H groups in total. The van der Waals surface area contributed by atoms with Crippen LogP contribution in [0.1, 0.15) is 24.3 Å². The molecule has 0 saturated heterocycles. The van der Waals surface area contributed by atoms with E-state index in [0.717, 1.165) is 5.69 Å². The standard InChI is InChI=1S/C15H17ClN4O2/c1-9(2)19-15(21)12-7-14(18-8-17-12)20-10-4-5-13(22-3)11(16)6-10/h4-9H,1-3H3,(H,19,21)(H,17,18,20). The SMILES string of the molecule is COc1ccc(Nc2cc(C(=O)NC(C)C)ncn2)cc1Cl. The number of anilines is 2. The molecule has 0 atom stereocenters. The highest BCUT2D eigenvalue weighted by Gasteiger charge is 2.10. The van der Waals surface area contributed by atoms with E-state index >= 15 is 0 Å². The molecule has 0 aliphatic heterocycles. The summed E-state index contributed by atoms with van der Waals surface area (Å²) in [4.78, 5) is 20.0. The molecule has 22 heavy (non-hydrogen) atoms. The second-order valence-electron chi connectivity index (χ2n) is 4.89. The molecule has 0 fully saturated rings. The Labute approximate surface area is 133 Å². The number of ether oxygens (including phenoxy) is 1. The van der Waals surface area contributed by atoms with Crippen molar-refractivity contribution in [3.05, 3.63) is 41.3 Å². The highest BCUT2D eigenvalue weighted by Crippen LogP contribution is 2.28. The zero-order valence-corrected chi connectivity index (χ0v) is 13.3. The van der Waals surface area contributed by atoms with Gasteiger partial charge in [0.15, 0.2) is 0 Å². The minimum Gasteiger partial charge on any atom is -0.495 e. The van der Waals surface area contributed by atoms with Gasteiger partial charge in [0.2, 0.25) is 0 Å². The van der Waals surface area contributed by atoms with Crippen LogP contribution in [0.5, 0.6) is 5.75 Å². The van der Waals surface area contributed by atoms with E-state index in [1.54, 1.807) is 31.4 Å². The fraction of sp³-hybridized carbons (Fsp3) is 0.267. The summed E-state index contributed by atoms with van der Waals surface area (Å²) in [7, 11) is 1.55. The van der Waals surface area contributed by atoms with E-state index in [4.69, 9.17) is 16.3 Å². The molecule has 7 heteroatoms. The topological polar surface area (TPSA) is 76.1 Å². The molecular weight excluding hydrogens is 304 g/mol. The maximum atomic E-state index is 11.9. The normalized spacial score (nSPS) is 10.4. The van der Waals surface area contributed by atoms with E-state index in [2.05, 4.69) is 20.6 Å². The fourth-order valence-corrected chi connectivity index (χ4v) is 2.04. The van der Waals surface area contributed by atoms with Crippen molar-refractivity contribution in [2.75, 3.05) is 12.4 Å². The lowest BCUT2D eigenvalue weighted by Crippen LogP contribution is -2.30. The van der Waals surface area contributed by atoms with E-state index < -0.39 is 0 Å². The number of nitrogens with one attached hydrogen (secondary N) is 2. The van der Waals surface area contributed by atoms with Gasteiger partial charge in [-0.3, -0.25) is 4.79 Å². The van der Waals surface area contributed by atoms with Crippen LogP contribution in [0, 0.1) is 0 Å². The van der Waals surface area contributed by atoms with Gasteiger partial charge in [-0.05, 0) is 32.0 Å². The number of benzene rings is 1. The van der Waals surface area contributed by atoms with Crippen molar-refractivity contribution in [2.45, 2.75) is 19.9 Å². The molecule has 0 saturated carbocycles. The monoisotopic (exact) mass is 320 g/mol. The van der Waals surface area contributed by atoms with Crippen LogP contribution >= 0.6 is 11.6 Å². The number of rotatable bonds is 5. The van der Waals surface area contributed by atoms with Crippen LogP contribution in [-0.4, -0.2) is 29.0 Å². The van der Waals surface area contributed by atoms with Gasteiger partial charge in [-0.2, -0.15) is 0 Å². The molecule has 1 aromatic heterocycles. The Hall–Kier alpha value is -2.34. The van der Waals surface area contributed by atoms with E-state index in [1.165, 1.54) is 6.33 Å². The van der Waals surface area contributed by atoms with Gasteiger partial charge in [0.1, 0.15) is 23.6 Å². The molecule has 0 aliphatic carbocycles. The number of carbonyl (C=O) groups excluding carboxylic acids is 1. The zero-order chi connectivity index (χ0) is 16.1. The van der Waals surface area contributed by atoms with E-state index in [9.17, 15) is 4.79 Å². The summed E-state index contributed by atoms with van der Waals surface area (Å²) in [5.41, 5.74) is 1.03. The van der Waals surface area contributed by atoms with Crippen LogP contribution in [0.25, 0.3) is 0 Å². The summed E-state index contributed by atoms with van der Waals surface area (Å²) in [6, 6.07) is 6.89. The molecule has 1 heterocycles. The molecule has 2 aromatic rings. The van der Waals surface area contributed by atoms with Gasteiger partial charge >= 0.3 is 0 Å². The van der Waals surface area contributed by atoms with E-state index in [-0.39, 0.29) is 11.9 Å². The molecule has 116 valence electrons. The van der Waals surface area contributed by atoms with E-state index in [0.29, 0.717) is 22.3 Å². The molecule has 1 amide bonds. The molecule has 0 bridgehead atoms. The molecule has 2 rings (SSSR count). The predicted molar refractivity (Wildman–Crippen MR) is 85.9 cm³/mol. The average Bonchev–Trinajstić information content (AvgIpc) is 2.47. The number of halogens is 1. The van der Waals surface area contributed by atoms with Crippen molar-refractivity contribution in [1.82, 2.24) is 15.3 Å². The zero-order valence-electron chi connectivity index (χ0n) is 12.6. The Kier molecular flexibility index (Phi) is 5.16. The predicted octanol–water partition coefficient (Wildman–Crippen LogP) is 3.02. The van der Waals surface area contributed by atoms with Gasteiger partial charge in [0.05, 0.1) is 12.1 Å². The Morgan fingerprint density at radius 3 is 2.68 bits per heavy atom. The van der Waals surface area contributed by atoms with Crippen molar-refractivity contribution in [1.29, 1.82) is 0 Å². The average molecular weight is 321 g/mol. The third kappa shape index (κ3) is 4.08. The highest BCUT2D eigenvalue weighted by atomic mass is 35.5. The van der Waals surface area contributed by atoms with Gasteiger partial charge in [0, 0.05) is 17.8 Å². The first kappa shape index (κ1) is 16.0. The van der Waals surface area contributed by atoms with Crippen LogP contribution < -0.4 is 15.4 Å². The van der Waals surface area contributed by atoms with E-state index in [1.807, 2.05) is 13.8 Å². The Balaban J connectivity index is 2.16. The minimum absolute atomic E-state index is 0.0410. The summed E-state index contributed by atoms with van der Waals surface area (Å²) < 4.78 is 5.10. The third-order valence-corrected chi connectivity index (χ3v) is 3.04. The lowest BCUT2D eigenvalue weighted by molar-refractivity contribution is 0.0938. The number of hydrogen-bond donors (Lipinski definition) is 2. The maximum absolute atomic E-state index is 11.9. The Morgan fingerprint density at radius 1 is 1.27 bits per heavy atom. The van der Waals surface area contributed by atoms with Crippen LogP contribution in [0.3, 0.4) is 0 Å². The van der Waals surface area contributed by atoms with Crippen molar-refractivity contribution >= 4 is 29.0 Å². The largest absolute Gasteiger partial charge is 0.495 e. The summed E-state index contributed by atoms with van der Waals surface area (Å²) in [6.07, 6.45) is 1.34. The third-order valence-electron chi connectivity index (χ3n) is 2.74. The molecule has 0 unspecified atom stereocenters. The lowest BCUT2D eigenvalue weighted by atomic mass is 10.3. The van der Waals surface area contributed by atoms with Gasteiger partial charge in [-0.25, -0.2) is 9.97 Å². The summed E-state index contributed by atoms with van der Waals surface area (Å²) in [5, 5.41) is 6.34. The number of hydrogen-bond acceptors (Lipinski definition) is 5. The van der Waals surface area contributed by atoms with Crippen LogP contribution in [0.4, 0.5) is 11.5 Å². The Morgan fingerprint density at radius 2 is 2.05 bits per heavy atom. The van der Waals surface area contributed by atoms with Crippen LogP contribution in [0.15, 0.2) is 30.6 Å². The van der Waals surface area contributed by atoms with Gasteiger partial charge in [0.25, 0.3) is 5.91 Å². The highest BCUT2D eigenvalue weighted by molar-refractivity contribution is 6.32. The van der Waals surface area contributed by atoms with Gasteiger partial charge in [-0.15, -0.1) is 0 Å². The molecule has 0 aliphatic rings. The summed E-state index contributed by atoms with van der Waals surface area (Å²) in [5.74, 6) is 0.852. The fourth-order valence-electron chi connectivity index (χ4n) is 1.78. The second kappa shape index (κ2) is 7.09. The number of amides is 1. The molecular formula is C15H17ClN4O2. The number of nitrogens with zero attached hydrogens (tertiary/aromatic N) is 2. The number of methoxy groups -OCH3 is 1. The molecule has 0 spiro atoms. The van der Waals surface area contributed by atoms with Crippen molar-refractivity contribution < 1.29 is 9.53 Å². The summed E-state index contributed by atoms with van der Waals surface area (Å²) in [6.45, 7) is 3.77. The first-order valence-electron chi connectivity index (χ1n) is 6.73. The number of carbonyl (C=O) groups is 1. The molecule has 0 radical (unpaired) electrons. The quantitative estimate of drug-likeness (QED) is 0.885. The second-order valence-corrected chi connectivity index (χ2v) is 5.30. The first-order valence-corrected chi connectivity index (χ1v) is 7.11. The number of aromatic nitrogens is 2. The van der Waals surface area contributed by atoms with Crippen LogP contribution in [-0.2, 0) is 0 Å². The lowest BCUT2D eigenvalue weighted by Gasteiger charge is -2.10. The summed E-state index contributed by atoms with van der Waals surface area (Å²) >= 11 is 6.07. The molecule has 1 aromatic carbocycles. The molecule has 6 nitrogen and oxygen atoms in total. The smallest absolute Gasteiger partial charge is 0.270 e. The van der Waals surface area contributed by atoms with Crippen molar-refractivity contribution in [3.63, 3.8) is 0 Å². The first-order chi connectivity index (χ1) is 10.5. The van der Waals surface area contributed by atoms with Crippen molar-refractivity contribution in [2.24, 2.45) is 0 Å². The van der Waals surface area contributed by atoms with Crippen LogP contribution in [0.2, 0.25) is 5.02 Å². The maximum Gasteiger partial charge on any atom is 0.270 e. The van der Waals surface area contributed by atoms with Crippen molar-refractivity contribution in [3.8, 4) is 5.75 Å². The minimum atomic E-state index is -0.242. The Bertz CT molecular complexity index is 676.